The molecule has 2 nitrogen and oxygen atoms in total. The Balaban J connectivity index is 2.91. The molecule has 0 saturated heterocycles. The second-order valence-corrected chi connectivity index (χ2v) is 3.80. The molecule has 0 radical (unpaired) electrons. The normalized spacial score (nSPS) is 10.6. The van der Waals surface area contributed by atoms with E-state index in [2.05, 4.69) is 20.9 Å². The smallest absolute Gasteiger partial charge is 0.166 e. The van der Waals surface area contributed by atoms with Crippen molar-refractivity contribution in [2.75, 3.05) is 0 Å². The largest absolute Gasteiger partial charge is 0.351 e. The van der Waals surface area contributed by atoms with Gasteiger partial charge in [-0.1, -0.05) is 12.1 Å². The number of aromatic amines is 1. The van der Waals surface area contributed by atoms with Gasteiger partial charge in [-0.05, 0) is 34.5 Å². The predicted molar refractivity (Wildman–Crippen MR) is 56.1 cm³/mol. The molecule has 0 aliphatic carbocycles. The Kier molecular flexibility index (Phi) is 1.96. The number of aryl methyl sites for hydroxylation is 1. The van der Waals surface area contributed by atoms with E-state index < -0.39 is 0 Å². The maximum atomic E-state index is 10.7. The maximum Gasteiger partial charge on any atom is 0.166 e. The van der Waals surface area contributed by atoms with Crippen molar-refractivity contribution in [3.05, 3.63) is 33.9 Å². The summed E-state index contributed by atoms with van der Waals surface area (Å²) in [6.07, 6.45) is 0.849. The zero-order chi connectivity index (χ0) is 9.42. The Hall–Kier alpha value is -1.09. The molecule has 1 aromatic carbocycles. The van der Waals surface area contributed by atoms with Crippen molar-refractivity contribution in [2.24, 2.45) is 0 Å². The molecule has 0 spiro atoms. The SMILES string of the molecule is Cc1c(C=O)[nH]c2c(Br)cccc12. The first-order valence-corrected chi connectivity index (χ1v) is 4.75. The Labute approximate surface area is 84.1 Å². The molecular weight excluding hydrogens is 230 g/mol. The number of hydrogen-bond donors (Lipinski definition) is 1. The van der Waals surface area contributed by atoms with Crippen LogP contribution in [0.25, 0.3) is 10.9 Å². The Morgan fingerprint density at radius 1 is 1.46 bits per heavy atom. The second-order valence-electron chi connectivity index (χ2n) is 2.94. The van der Waals surface area contributed by atoms with Crippen LogP contribution in [-0.4, -0.2) is 11.3 Å². The van der Waals surface area contributed by atoms with Crippen molar-refractivity contribution < 1.29 is 4.79 Å². The fraction of sp³-hybridized carbons (Fsp3) is 0.100. The fourth-order valence-corrected chi connectivity index (χ4v) is 1.92. The van der Waals surface area contributed by atoms with Gasteiger partial charge in [0, 0.05) is 9.86 Å². The van der Waals surface area contributed by atoms with Crippen LogP contribution < -0.4 is 0 Å². The van der Waals surface area contributed by atoms with Gasteiger partial charge in [0.25, 0.3) is 0 Å². The van der Waals surface area contributed by atoms with Crippen molar-refractivity contribution >= 4 is 33.1 Å². The Bertz CT molecular complexity index is 473. The number of fused-ring (bicyclic) bond motifs is 1. The van der Waals surface area contributed by atoms with Crippen molar-refractivity contribution in [3.63, 3.8) is 0 Å². The summed E-state index contributed by atoms with van der Waals surface area (Å²) in [4.78, 5) is 13.7. The fourth-order valence-electron chi connectivity index (χ4n) is 1.46. The number of rotatable bonds is 1. The van der Waals surface area contributed by atoms with Crippen molar-refractivity contribution in [3.8, 4) is 0 Å². The Morgan fingerprint density at radius 3 is 2.85 bits per heavy atom. The van der Waals surface area contributed by atoms with E-state index in [4.69, 9.17) is 0 Å². The molecule has 0 aliphatic heterocycles. The standard InChI is InChI=1S/C10H8BrNO/c1-6-7-3-2-4-8(11)10(7)12-9(6)5-13/h2-5,12H,1H3. The highest BCUT2D eigenvalue weighted by Crippen LogP contribution is 2.26. The van der Waals surface area contributed by atoms with Crippen LogP contribution in [-0.2, 0) is 0 Å². The molecule has 0 fully saturated rings. The lowest BCUT2D eigenvalue weighted by atomic mass is 10.1. The van der Waals surface area contributed by atoms with Gasteiger partial charge in [-0.3, -0.25) is 4.79 Å². The molecule has 66 valence electrons. The van der Waals surface area contributed by atoms with E-state index >= 15 is 0 Å². The van der Waals surface area contributed by atoms with E-state index in [0.29, 0.717) is 5.69 Å². The number of halogens is 1. The zero-order valence-corrected chi connectivity index (χ0v) is 8.68. The van der Waals surface area contributed by atoms with Crippen molar-refractivity contribution in [2.45, 2.75) is 6.92 Å². The van der Waals surface area contributed by atoms with E-state index in [9.17, 15) is 4.79 Å². The molecule has 0 unspecified atom stereocenters. The zero-order valence-electron chi connectivity index (χ0n) is 7.10. The first-order chi connectivity index (χ1) is 6.24. The lowest BCUT2D eigenvalue weighted by Crippen LogP contribution is -1.80. The molecule has 1 aromatic heterocycles. The number of H-pyrrole nitrogens is 1. The highest BCUT2D eigenvalue weighted by atomic mass is 79.9. The molecule has 0 atom stereocenters. The molecule has 13 heavy (non-hydrogen) atoms. The molecule has 2 rings (SSSR count). The van der Waals surface area contributed by atoms with Gasteiger partial charge in [0.05, 0.1) is 11.2 Å². The van der Waals surface area contributed by atoms with E-state index in [0.717, 1.165) is 27.2 Å². The van der Waals surface area contributed by atoms with E-state index in [1.165, 1.54) is 0 Å². The van der Waals surface area contributed by atoms with E-state index in [-0.39, 0.29) is 0 Å². The number of benzene rings is 1. The van der Waals surface area contributed by atoms with Crippen molar-refractivity contribution in [1.29, 1.82) is 0 Å². The number of carbonyl (C=O) groups is 1. The van der Waals surface area contributed by atoms with Gasteiger partial charge in [-0.2, -0.15) is 0 Å². The van der Waals surface area contributed by atoms with E-state index in [1.54, 1.807) is 0 Å². The summed E-state index contributed by atoms with van der Waals surface area (Å²) in [5, 5.41) is 1.09. The van der Waals surface area contributed by atoms with Gasteiger partial charge >= 0.3 is 0 Å². The number of hydrogen-bond acceptors (Lipinski definition) is 1. The molecular formula is C10H8BrNO. The van der Waals surface area contributed by atoms with Crippen molar-refractivity contribution in [1.82, 2.24) is 4.98 Å². The van der Waals surface area contributed by atoms with Gasteiger partial charge in [-0.25, -0.2) is 0 Å². The topological polar surface area (TPSA) is 32.9 Å². The number of carbonyl (C=O) groups excluding carboxylic acids is 1. The summed E-state index contributed by atoms with van der Waals surface area (Å²) in [5.74, 6) is 0. The number of nitrogens with one attached hydrogen (secondary N) is 1. The molecule has 1 N–H and O–H groups in total. The predicted octanol–water partition coefficient (Wildman–Crippen LogP) is 3.05. The summed E-state index contributed by atoms with van der Waals surface area (Å²) in [7, 11) is 0. The third kappa shape index (κ3) is 1.20. The van der Waals surface area contributed by atoms with Crippen LogP contribution in [0.4, 0.5) is 0 Å². The lowest BCUT2D eigenvalue weighted by molar-refractivity contribution is 0.111. The quantitative estimate of drug-likeness (QED) is 0.761. The average Bonchev–Trinajstić information content (AvgIpc) is 2.45. The summed E-state index contributed by atoms with van der Waals surface area (Å²) in [6.45, 7) is 1.94. The Morgan fingerprint density at radius 2 is 2.23 bits per heavy atom. The highest BCUT2D eigenvalue weighted by molar-refractivity contribution is 9.10. The first-order valence-electron chi connectivity index (χ1n) is 3.96. The van der Waals surface area contributed by atoms with Crippen LogP contribution in [0.5, 0.6) is 0 Å². The minimum atomic E-state index is 0.655. The average molecular weight is 238 g/mol. The molecule has 0 bridgehead atoms. The van der Waals surface area contributed by atoms with Crippen LogP contribution in [0.15, 0.2) is 22.7 Å². The van der Waals surface area contributed by atoms with Gasteiger partial charge in [0.2, 0.25) is 0 Å². The summed E-state index contributed by atoms with van der Waals surface area (Å²) in [5.41, 5.74) is 2.65. The third-order valence-corrected chi connectivity index (χ3v) is 2.86. The summed E-state index contributed by atoms with van der Waals surface area (Å²) >= 11 is 3.43. The molecule has 0 saturated carbocycles. The van der Waals surface area contributed by atoms with Gasteiger partial charge in [0.1, 0.15) is 0 Å². The van der Waals surface area contributed by atoms with Gasteiger partial charge in [0.15, 0.2) is 6.29 Å². The highest BCUT2D eigenvalue weighted by Gasteiger charge is 2.07. The molecule has 0 aliphatic rings. The monoisotopic (exact) mass is 237 g/mol. The van der Waals surface area contributed by atoms with Crippen LogP contribution >= 0.6 is 15.9 Å². The van der Waals surface area contributed by atoms with Crippen LogP contribution in [0.2, 0.25) is 0 Å². The van der Waals surface area contributed by atoms with Crippen LogP contribution in [0, 0.1) is 6.92 Å². The molecule has 1 heterocycles. The third-order valence-electron chi connectivity index (χ3n) is 2.20. The lowest BCUT2D eigenvalue weighted by Gasteiger charge is -1.92. The van der Waals surface area contributed by atoms with E-state index in [1.807, 2.05) is 25.1 Å². The minimum absolute atomic E-state index is 0.655. The summed E-state index contributed by atoms with van der Waals surface area (Å²) < 4.78 is 0.987. The first kappa shape index (κ1) is 8.51. The van der Waals surface area contributed by atoms with Crippen LogP contribution in [0.3, 0.4) is 0 Å². The number of aromatic nitrogens is 1. The second kappa shape index (κ2) is 3.00. The molecule has 2 aromatic rings. The summed E-state index contributed by atoms with van der Waals surface area (Å²) in [6, 6.07) is 5.91. The minimum Gasteiger partial charge on any atom is -0.351 e. The molecule has 0 amide bonds. The maximum absolute atomic E-state index is 10.7. The van der Waals surface area contributed by atoms with Gasteiger partial charge in [-0.15, -0.1) is 0 Å². The molecule has 3 heteroatoms. The number of para-hydroxylation sites is 1. The number of aldehydes is 1. The van der Waals surface area contributed by atoms with Gasteiger partial charge < -0.3 is 4.98 Å². The van der Waals surface area contributed by atoms with Crippen LogP contribution in [0.1, 0.15) is 16.1 Å².